The molecule has 0 aliphatic carbocycles. The molecule has 2 rings (SSSR count). The van der Waals surface area contributed by atoms with Gasteiger partial charge in [-0.2, -0.15) is 0 Å². The van der Waals surface area contributed by atoms with Crippen LogP contribution in [0.5, 0.6) is 5.75 Å². The van der Waals surface area contributed by atoms with Gasteiger partial charge in [-0.3, -0.25) is 4.79 Å². The van der Waals surface area contributed by atoms with Crippen molar-refractivity contribution in [3.8, 4) is 5.75 Å². The Hall–Kier alpha value is -1.60. The summed E-state index contributed by atoms with van der Waals surface area (Å²) in [4.78, 5) is 12.1. The lowest BCUT2D eigenvalue weighted by atomic mass is 10.1. The Morgan fingerprint density at radius 2 is 2.09 bits per heavy atom. The zero-order chi connectivity index (χ0) is 16.3. The van der Waals surface area contributed by atoms with Crippen LogP contribution >= 0.6 is 0 Å². The van der Waals surface area contributed by atoms with Crippen molar-refractivity contribution in [2.45, 2.75) is 57.1 Å². The topological polar surface area (TPSA) is 84.5 Å². The summed E-state index contributed by atoms with van der Waals surface area (Å²) >= 11 is 0. The molecule has 0 bridgehead atoms. The molecule has 0 unspecified atom stereocenters. The molecule has 1 aromatic rings. The normalized spacial score (nSPS) is 17.8. The van der Waals surface area contributed by atoms with Gasteiger partial charge in [0.05, 0.1) is 10.6 Å². The van der Waals surface area contributed by atoms with Crippen LogP contribution in [0.1, 0.15) is 40.0 Å². The number of carbonyl (C=O) groups excluding carboxylic acids is 1. The number of hydrogen-bond acceptors (Lipinski definition) is 4. The molecule has 1 aromatic carbocycles. The molecule has 22 heavy (non-hydrogen) atoms. The quantitative estimate of drug-likeness (QED) is 0.840. The van der Waals surface area contributed by atoms with E-state index in [1.165, 1.54) is 12.1 Å². The molecule has 1 aliphatic rings. The summed E-state index contributed by atoms with van der Waals surface area (Å²) in [6.45, 7) is 5.55. The third kappa shape index (κ3) is 3.78. The van der Waals surface area contributed by atoms with Gasteiger partial charge in [-0.15, -0.1) is 0 Å². The maximum Gasteiger partial charge on any atom is 0.265 e. The summed E-state index contributed by atoms with van der Waals surface area (Å²) < 4.78 is 32.5. The number of ether oxygens (including phenoxy) is 1. The first kappa shape index (κ1) is 16.8. The number of carbonyl (C=O) groups is 1. The average Bonchev–Trinajstić information content (AvgIpc) is 2.43. The lowest BCUT2D eigenvalue weighted by molar-refractivity contribution is -0.123. The first-order chi connectivity index (χ1) is 10.3. The minimum Gasteiger partial charge on any atom is -0.478 e. The monoisotopic (exact) mass is 326 g/mol. The molecule has 1 amide bonds. The highest BCUT2D eigenvalue weighted by Crippen LogP contribution is 2.32. The fraction of sp³-hybridized carbons (Fsp3) is 0.533. The van der Waals surface area contributed by atoms with Gasteiger partial charge in [-0.25, -0.2) is 13.1 Å². The van der Waals surface area contributed by atoms with Gasteiger partial charge in [0.1, 0.15) is 5.75 Å². The largest absolute Gasteiger partial charge is 0.478 e. The molecule has 2 N–H and O–H groups in total. The number of hydrogen-bond donors (Lipinski definition) is 2. The molecule has 122 valence electrons. The van der Waals surface area contributed by atoms with Crippen LogP contribution in [0.2, 0.25) is 0 Å². The smallest absolute Gasteiger partial charge is 0.265 e. The maximum atomic E-state index is 12.2. The minimum atomic E-state index is -3.60. The van der Waals surface area contributed by atoms with Gasteiger partial charge < -0.3 is 10.1 Å². The van der Waals surface area contributed by atoms with E-state index in [1.807, 2.05) is 6.92 Å². The van der Waals surface area contributed by atoms with E-state index in [9.17, 15) is 13.2 Å². The van der Waals surface area contributed by atoms with Gasteiger partial charge in [0, 0.05) is 6.04 Å². The number of amides is 1. The van der Waals surface area contributed by atoms with Crippen LogP contribution in [0, 0.1) is 0 Å². The lowest BCUT2D eigenvalue weighted by Crippen LogP contribution is -2.37. The lowest BCUT2D eigenvalue weighted by Gasteiger charge is -2.26. The van der Waals surface area contributed by atoms with Crippen LogP contribution in [0.3, 0.4) is 0 Å². The van der Waals surface area contributed by atoms with Crippen LogP contribution in [0.25, 0.3) is 0 Å². The fourth-order valence-electron chi connectivity index (χ4n) is 2.25. The standard InChI is InChI=1S/C15H22N2O4S/c1-4-5-6-14-15(18)16-12-9-11(7-8-13(12)21-14)22(19,20)17-10(2)3/h7-10,14,17H,4-6H2,1-3H3,(H,16,18)/t14-/m0/s1. The van der Waals surface area contributed by atoms with Crippen molar-refractivity contribution in [3.63, 3.8) is 0 Å². The van der Waals surface area contributed by atoms with E-state index in [0.717, 1.165) is 12.8 Å². The van der Waals surface area contributed by atoms with E-state index in [2.05, 4.69) is 10.0 Å². The number of anilines is 1. The van der Waals surface area contributed by atoms with Gasteiger partial charge in [0.25, 0.3) is 5.91 Å². The van der Waals surface area contributed by atoms with Crippen molar-refractivity contribution in [2.75, 3.05) is 5.32 Å². The molecule has 0 aromatic heterocycles. The highest BCUT2D eigenvalue weighted by atomic mass is 32.2. The van der Waals surface area contributed by atoms with E-state index in [4.69, 9.17) is 4.74 Å². The van der Waals surface area contributed by atoms with Gasteiger partial charge in [-0.1, -0.05) is 13.3 Å². The Morgan fingerprint density at radius 3 is 2.73 bits per heavy atom. The molecular weight excluding hydrogens is 304 g/mol. The summed E-state index contributed by atoms with van der Waals surface area (Å²) in [5.41, 5.74) is 0.393. The van der Waals surface area contributed by atoms with Crippen molar-refractivity contribution < 1.29 is 17.9 Å². The maximum absolute atomic E-state index is 12.2. The summed E-state index contributed by atoms with van der Waals surface area (Å²) in [5, 5.41) is 2.73. The molecule has 0 saturated heterocycles. The minimum absolute atomic E-state index is 0.107. The zero-order valence-corrected chi connectivity index (χ0v) is 13.9. The molecule has 7 heteroatoms. The molecule has 6 nitrogen and oxygen atoms in total. The second-order valence-electron chi connectivity index (χ2n) is 5.67. The second kappa shape index (κ2) is 6.66. The number of nitrogens with one attached hydrogen (secondary N) is 2. The van der Waals surface area contributed by atoms with E-state index in [0.29, 0.717) is 17.9 Å². The van der Waals surface area contributed by atoms with Crippen LogP contribution in [-0.4, -0.2) is 26.5 Å². The predicted molar refractivity (Wildman–Crippen MR) is 84.5 cm³/mol. The SMILES string of the molecule is CCCC[C@@H]1Oc2ccc(S(=O)(=O)NC(C)C)cc2NC1=O. The highest BCUT2D eigenvalue weighted by molar-refractivity contribution is 7.89. The third-order valence-electron chi connectivity index (χ3n) is 3.29. The van der Waals surface area contributed by atoms with Crippen molar-refractivity contribution in [2.24, 2.45) is 0 Å². The van der Waals surface area contributed by atoms with E-state index >= 15 is 0 Å². The van der Waals surface area contributed by atoms with Gasteiger partial charge in [-0.05, 0) is 44.9 Å². The van der Waals surface area contributed by atoms with Crippen LogP contribution in [0.15, 0.2) is 23.1 Å². The summed E-state index contributed by atoms with van der Waals surface area (Å²) in [6.07, 6.45) is 2.02. The summed E-state index contributed by atoms with van der Waals surface area (Å²) in [5.74, 6) is 0.275. The molecule has 0 spiro atoms. The Bertz CT molecular complexity index is 656. The van der Waals surface area contributed by atoms with E-state index in [-0.39, 0.29) is 16.8 Å². The molecule has 0 saturated carbocycles. The Labute approximate surface area is 131 Å². The Balaban J connectivity index is 2.23. The highest BCUT2D eigenvalue weighted by Gasteiger charge is 2.28. The van der Waals surface area contributed by atoms with Gasteiger partial charge >= 0.3 is 0 Å². The number of sulfonamides is 1. The molecule has 0 fully saturated rings. The number of unbranched alkanes of at least 4 members (excludes halogenated alkanes) is 1. The van der Waals surface area contributed by atoms with E-state index < -0.39 is 16.1 Å². The second-order valence-corrected chi connectivity index (χ2v) is 7.39. The first-order valence-corrected chi connectivity index (χ1v) is 8.95. The Morgan fingerprint density at radius 1 is 1.36 bits per heavy atom. The van der Waals surface area contributed by atoms with Crippen LogP contribution in [0.4, 0.5) is 5.69 Å². The average molecular weight is 326 g/mol. The molecule has 1 heterocycles. The fourth-order valence-corrected chi connectivity index (χ4v) is 3.53. The van der Waals surface area contributed by atoms with Gasteiger partial charge in [0.15, 0.2) is 6.10 Å². The zero-order valence-electron chi connectivity index (χ0n) is 13.0. The van der Waals surface area contributed by atoms with Crippen molar-refractivity contribution in [1.29, 1.82) is 0 Å². The molecule has 0 radical (unpaired) electrons. The van der Waals surface area contributed by atoms with Crippen molar-refractivity contribution in [3.05, 3.63) is 18.2 Å². The van der Waals surface area contributed by atoms with Crippen LogP contribution < -0.4 is 14.8 Å². The summed E-state index contributed by atoms with van der Waals surface area (Å²) in [7, 11) is -3.60. The molecular formula is C15H22N2O4S. The first-order valence-electron chi connectivity index (χ1n) is 7.47. The van der Waals surface area contributed by atoms with Crippen LogP contribution in [-0.2, 0) is 14.8 Å². The van der Waals surface area contributed by atoms with Crippen molar-refractivity contribution in [1.82, 2.24) is 4.72 Å². The number of fused-ring (bicyclic) bond motifs is 1. The third-order valence-corrected chi connectivity index (χ3v) is 4.95. The number of benzene rings is 1. The van der Waals surface area contributed by atoms with Gasteiger partial charge in [0.2, 0.25) is 10.0 Å². The molecule has 1 aliphatic heterocycles. The number of rotatable bonds is 6. The summed E-state index contributed by atoms with van der Waals surface area (Å²) in [6, 6.07) is 4.29. The van der Waals surface area contributed by atoms with E-state index in [1.54, 1.807) is 19.9 Å². The predicted octanol–water partition coefficient (Wildman–Crippen LogP) is 2.26. The Kier molecular flexibility index (Phi) is 5.08. The molecule has 1 atom stereocenters. The van der Waals surface area contributed by atoms with Crippen molar-refractivity contribution >= 4 is 21.6 Å².